The number of hydrogen-bond donors (Lipinski definition) is 0. The molecule has 0 aromatic rings. The maximum absolute atomic E-state index is 11.8. The molecule has 4 unspecified atom stereocenters. The third kappa shape index (κ3) is 21.7. The summed E-state index contributed by atoms with van der Waals surface area (Å²) >= 11 is 7.64. The average molecular weight is 627 g/mol. The Labute approximate surface area is 233 Å². The van der Waals surface area contributed by atoms with E-state index in [2.05, 4.69) is 59.6 Å². The smallest absolute Gasteiger partial charge is 0.317 e. The maximum Gasteiger partial charge on any atom is 0.317 e. The molecule has 0 bridgehead atoms. The molecule has 0 fully saturated rings. The van der Waals surface area contributed by atoms with Crippen molar-refractivity contribution < 1.29 is 19.1 Å². The van der Waals surface area contributed by atoms with Crippen LogP contribution in [0.3, 0.4) is 0 Å². The van der Waals surface area contributed by atoms with Crippen molar-refractivity contribution in [2.45, 2.75) is 147 Å². The summed E-state index contributed by atoms with van der Waals surface area (Å²) < 4.78 is 10.4. The monoisotopic (exact) mass is 624 g/mol. The molecule has 0 aliphatic heterocycles. The first-order valence-corrected chi connectivity index (χ1v) is 16.2. The Hall–Kier alpha value is -0.100. The molecule has 0 radical (unpaired) electrons. The van der Waals surface area contributed by atoms with Gasteiger partial charge >= 0.3 is 11.9 Å². The Bertz CT molecular complexity index is 471. The number of hydrogen-bond acceptors (Lipinski definition) is 4. The van der Waals surface area contributed by atoms with Gasteiger partial charge in [0.05, 0.1) is 13.2 Å². The van der Waals surface area contributed by atoms with Crippen LogP contribution in [0.2, 0.25) is 0 Å². The van der Waals surface area contributed by atoms with Crippen molar-refractivity contribution in [2.24, 2.45) is 11.8 Å². The Morgan fingerprint density at radius 1 is 0.571 bits per heavy atom. The zero-order valence-electron chi connectivity index (χ0n) is 23.1. The van der Waals surface area contributed by atoms with Crippen LogP contribution in [-0.2, 0) is 19.1 Å². The highest BCUT2D eigenvalue weighted by molar-refractivity contribution is 9.09. The molecule has 6 heteroatoms. The summed E-state index contributed by atoms with van der Waals surface area (Å²) in [5, 5.41) is 0. The fourth-order valence-electron chi connectivity index (χ4n) is 4.16. The van der Waals surface area contributed by atoms with Crippen LogP contribution >= 0.6 is 31.9 Å². The number of unbranched alkanes of at least 4 members (excludes halogenated alkanes) is 8. The van der Waals surface area contributed by atoms with Gasteiger partial charge in [0.25, 0.3) is 0 Å². The van der Waals surface area contributed by atoms with Gasteiger partial charge in [0.15, 0.2) is 0 Å². The molecule has 0 heterocycles. The first kappa shape index (κ1) is 34.9. The fourth-order valence-corrected chi connectivity index (χ4v) is 5.34. The van der Waals surface area contributed by atoms with Gasteiger partial charge in [-0.1, -0.05) is 124 Å². The van der Waals surface area contributed by atoms with Crippen LogP contribution in [-0.4, -0.2) is 34.8 Å². The number of esters is 2. The predicted molar refractivity (Wildman–Crippen MR) is 156 cm³/mol. The Morgan fingerprint density at radius 3 is 1.31 bits per heavy atom. The van der Waals surface area contributed by atoms with Crippen LogP contribution in [0.4, 0.5) is 0 Å². The lowest BCUT2D eigenvalue weighted by molar-refractivity contribution is -0.154. The van der Waals surface area contributed by atoms with Gasteiger partial charge in [0.2, 0.25) is 0 Å². The van der Waals surface area contributed by atoms with Gasteiger partial charge in [-0.05, 0) is 50.4 Å². The lowest BCUT2D eigenvalue weighted by Gasteiger charge is -2.17. The number of rotatable bonds is 24. The van der Waals surface area contributed by atoms with E-state index in [1.165, 1.54) is 64.2 Å². The van der Waals surface area contributed by atoms with Gasteiger partial charge < -0.3 is 9.47 Å². The van der Waals surface area contributed by atoms with E-state index in [-0.39, 0.29) is 6.42 Å². The topological polar surface area (TPSA) is 52.6 Å². The molecule has 0 aliphatic rings. The van der Waals surface area contributed by atoms with Crippen molar-refractivity contribution in [3.8, 4) is 0 Å². The zero-order chi connectivity index (χ0) is 26.3. The third-order valence-electron chi connectivity index (χ3n) is 6.82. The molecule has 0 spiro atoms. The highest BCUT2D eigenvalue weighted by atomic mass is 79.9. The van der Waals surface area contributed by atoms with E-state index in [0.717, 1.165) is 38.5 Å². The van der Waals surface area contributed by atoms with Gasteiger partial charge in [-0.3, -0.25) is 9.59 Å². The van der Waals surface area contributed by atoms with E-state index in [9.17, 15) is 9.59 Å². The summed E-state index contributed by atoms with van der Waals surface area (Å²) in [6, 6.07) is 0. The minimum absolute atomic E-state index is 0.274. The second-order valence-corrected chi connectivity index (χ2v) is 12.6. The molecular formula is C29H54Br2O4. The highest BCUT2D eigenvalue weighted by Crippen LogP contribution is 2.25. The van der Waals surface area contributed by atoms with Crippen LogP contribution in [0.1, 0.15) is 137 Å². The first-order valence-electron chi connectivity index (χ1n) is 14.4. The summed E-state index contributed by atoms with van der Waals surface area (Å²) in [5.74, 6) is 0.471. The first-order chi connectivity index (χ1) is 16.8. The Morgan fingerprint density at radius 2 is 0.943 bits per heavy atom. The van der Waals surface area contributed by atoms with Gasteiger partial charge in [0, 0.05) is 9.65 Å². The quantitative estimate of drug-likeness (QED) is 0.0464. The van der Waals surface area contributed by atoms with Crippen LogP contribution in [0.15, 0.2) is 0 Å². The number of carbonyl (C=O) groups excluding carboxylic acids is 2. The number of carbonyl (C=O) groups is 2. The van der Waals surface area contributed by atoms with E-state index >= 15 is 0 Å². The van der Waals surface area contributed by atoms with Crippen LogP contribution in [0, 0.1) is 11.8 Å². The van der Waals surface area contributed by atoms with E-state index in [1.54, 1.807) is 0 Å². The maximum atomic E-state index is 11.8. The van der Waals surface area contributed by atoms with Gasteiger partial charge in [-0.25, -0.2) is 0 Å². The van der Waals surface area contributed by atoms with Crippen molar-refractivity contribution >= 4 is 43.8 Å². The predicted octanol–water partition coefficient (Wildman–Crippen LogP) is 9.54. The molecule has 0 saturated heterocycles. The third-order valence-corrected chi connectivity index (χ3v) is 9.54. The Kier molecular flexibility index (Phi) is 24.2. The molecular weight excluding hydrogens is 572 g/mol. The minimum atomic E-state index is -0.469. The highest BCUT2D eigenvalue weighted by Gasteiger charge is 2.14. The molecule has 0 rings (SSSR count). The lowest BCUT2D eigenvalue weighted by atomic mass is 9.96. The zero-order valence-corrected chi connectivity index (χ0v) is 26.3. The van der Waals surface area contributed by atoms with E-state index in [0.29, 0.717) is 34.7 Å². The van der Waals surface area contributed by atoms with Crippen molar-refractivity contribution in [1.82, 2.24) is 0 Å². The molecule has 0 N–H and O–H groups in total. The number of alkyl halides is 2. The van der Waals surface area contributed by atoms with Gasteiger partial charge in [-0.15, -0.1) is 0 Å². The van der Waals surface area contributed by atoms with Gasteiger partial charge in [-0.2, -0.15) is 0 Å². The summed E-state index contributed by atoms with van der Waals surface area (Å²) in [6.07, 6.45) is 18.4. The second-order valence-electron chi connectivity index (χ2n) is 10.3. The van der Waals surface area contributed by atoms with Crippen LogP contribution in [0.25, 0.3) is 0 Å². The molecule has 208 valence electrons. The normalized spacial score (nSPS) is 14.8. The number of halogens is 2. The molecule has 0 aliphatic carbocycles. The molecule has 0 aromatic heterocycles. The average Bonchev–Trinajstić information content (AvgIpc) is 2.83. The van der Waals surface area contributed by atoms with Gasteiger partial charge in [0.1, 0.15) is 6.42 Å². The van der Waals surface area contributed by atoms with Crippen molar-refractivity contribution in [1.29, 1.82) is 0 Å². The van der Waals surface area contributed by atoms with E-state index in [4.69, 9.17) is 9.47 Å². The van der Waals surface area contributed by atoms with Crippen molar-refractivity contribution in [3.63, 3.8) is 0 Å². The lowest BCUT2D eigenvalue weighted by Crippen LogP contribution is -2.15. The molecule has 4 atom stereocenters. The summed E-state index contributed by atoms with van der Waals surface area (Å²) in [7, 11) is 0. The van der Waals surface area contributed by atoms with Crippen molar-refractivity contribution in [2.75, 3.05) is 13.2 Å². The SMILES string of the molecule is CCCCC(Br)C(C)CCCCCCOC(=O)CC(=O)OCCCCCCC(C)C(Br)CCCC. The fraction of sp³-hybridized carbons (Fsp3) is 0.931. The Balaban J connectivity index is 3.57. The summed E-state index contributed by atoms with van der Waals surface area (Å²) in [5.41, 5.74) is 0. The molecule has 0 saturated carbocycles. The number of ether oxygens (including phenoxy) is 2. The molecule has 4 nitrogen and oxygen atoms in total. The van der Waals surface area contributed by atoms with Crippen LogP contribution in [0.5, 0.6) is 0 Å². The summed E-state index contributed by atoms with van der Waals surface area (Å²) in [4.78, 5) is 24.9. The molecule has 0 aromatic carbocycles. The van der Waals surface area contributed by atoms with E-state index < -0.39 is 11.9 Å². The van der Waals surface area contributed by atoms with Crippen LogP contribution < -0.4 is 0 Å². The van der Waals surface area contributed by atoms with E-state index in [1.807, 2.05) is 0 Å². The standard InChI is InChI=1S/C29H54Br2O4/c1-5-7-19-26(30)24(3)17-13-9-11-15-21-34-28(32)23-29(33)35-22-16-12-10-14-18-25(4)27(31)20-8-6-2/h24-27H,5-23H2,1-4H3. The minimum Gasteiger partial charge on any atom is -0.465 e. The molecule has 0 amide bonds. The molecule has 35 heavy (non-hydrogen) atoms. The largest absolute Gasteiger partial charge is 0.465 e. The second kappa shape index (κ2) is 24.2. The van der Waals surface area contributed by atoms with Crippen molar-refractivity contribution in [3.05, 3.63) is 0 Å². The summed E-state index contributed by atoms with van der Waals surface area (Å²) in [6.45, 7) is 9.91.